The molecule has 0 spiro atoms. The van der Waals surface area contributed by atoms with E-state index in [1.807, 2.05) is 0 Å². The van der Waals surface area contributed by atoms with E-state index < -0.39 is 16.0 Å². The van der Waals surface area contributed by atoms with Gasteiger partial charge in [0.1, 0.15) is 6.54 Å². The van der Waals surface area contributed by atoms with Crippen LogP contribution in [0, 0.1) is 0 Å². The maximum Gasteiger partial charge on any atom is 0.321 e. The molecule has 0 fully saturated rings. The van der Waals surface area contributed by atoms with Crippen LogP contribution in [-0.4, -0.2) is 50.0 Å². The standard InChI is InChI=1S/C9H18ClNO4S/c1-3-11(8-9(12)15-4-2)16(13,14)7-5-6-10/h3-8H2,1-2H3. The third-order valence-corrected chi connectivity index (χ3v) is 4.14. The predicted molar refractivity (Wildman–Crippen MR) is 63.0 cm³/mol. The van der Waals surface area contributed by atoms with Gasteiger partial charge in [-0.15, -0.1) is 11.6 Å². The van der Waals surface area contributed by atoms with Crippen LogP contribution in [0.5, 0.6) is 0 Å². The maximum atomic E-state index is 11.7. The maximum absolute atomic E-state index is 11.7. The molecule has 0 aliphatic carbocycles. The van der Waals surface area contributed by atoms with Gasteiger partial charge < -0.3 is 4.74 Å². The van der Waals surface area contributed by atoms with Gasteiger partial charge >= 0.3 is 5.97 Å². The average molecular weight is 272 g/mol. The van der Waals surface area contributed by atoms with Gasteiger partial charge in [0.2, 0.25) is 10.0 Å². The number of esters is 1. The summed E-state index contributed by atoms with van der Waals surface area (Å²) in [5, 5.41) is 0. The lowest BCUT2D eigenvalue weighted by Gasteiger charge is -2.18. The molecule has 0 aromatic carbocycles. The van der Waals surface area contributed by atoms with Gasteiger partial charge in [-0.3, -0.25) is 4.79 Å². The van der Waals surface area contributed by atoms with Gasteiger partial charge in [0.05, 0.1) is 12.4 Å². The molecule has 0 aliphatic heterocycles. The fourth-order valence-corrected chi connectivity index (χ4v) is 2.88. The Bertz CT molecular complexity index is 305. The van der Waals surface area contributed by atoms with Crippen LogP contribution in [0.25, 0.3) is 0 Å². The molecular formula is C9H18ClNO4S. The number of rotatable bonds is 8. The smallest absolute Gasteiger partial charge is 0.321 e. The van der Waals surface area contributed by atoms with E-state index >= 15 is 0 Å². The highest BCUT2D eigenvalue weighted by molar-refractivity contribution is 7.89. The molecule has 5 nitrogen and oxygen atoms in total. The van der Waals surface area contributed by atoms with Crippen LogP contribution in [0.2, 0.25) is 0 Å². The second-order valence-corrected chi connectivity index (χ2v) is 5.56. The van der Waals surface area contributed by atoms with E-state index in [0.29, 0.717) is 6.42 Å². The van der Waals surface area contributed by atoms with Crippen LogP contribution in [0.1, 0.15) is 20.3 Å². The molecule has 0 aromatic rings. The summed E-state index contributed by atoms with van der Waals surface area (Å²) < 4.78 is 29.3. The molecule has 7 heteroatoms. The first-order valence-corrected chi connectivity index (χ1v) is 7.31. The average Bonchev–Trinajstić information content (AvgIpc) is 2.23. The van der Waals surface area contributed by atoms with Crippen molar-refractivity contribution in [3.05, 3.63) is 0 Å². The summed E-state index contributed by atoms with van der Waals surface area (Å²) in [5.74, 6) is -0.279. The van der Waals surface area contributed by atoms with Crippen LogP contribution in [0.4, 0.5) is 0 Å². The number of hydrogen-bond acceptors (Lipinski definition) is 4. The predicted octanol–water partition coefficient (Wildman–Crippen LogP) is 0.830. The van der Waals surface area contributed by atoms with Crippen molar-refractivity contribution in [2.24, 2.45) is 0 Å². The number of likely N-dealkylation sites (N-methyl/N-ethyl adjacent to an activating group) is 1. The molecule has 0 radical (unpaired) electrons. The Morgan fingerprint density at radius 3 is 2.44 bits per heavy atom. The van der Waals surface area contributed by atoms with Gasteiger partial charge in [0.15, 0.2) is 0 Å². The van der Waals surface area contributed by atoms with Gasteiger partial charge in [-0.05, 0) is 13.3 Å². The monoisotopic (exact) mass is 271 g/mol. The van der Waals surface area contributed by atoms with Crippen molar-refractivity contribution in [2.75, 3.05) is 31.3 Å². The minimum atomic E-state index is -3.40. The largest absolute Gasteiger partial charge is 0.465 e. The van der Waals surface area contributed by atoms with Crippen molar-refractivity contribution >= 4 is 27.6 Å². The topological polar surface area (TPSA) is 63.7 Å². The molecule has 0 N–H and O–H groups in total. The fourth-order valence-electron chi connectivity index (χ4n) is 1.12. The first-order valence-electron chi connectivity index (χ1n) is 5.17. The zero-order valence-corrected chi connectivity index (χ0v) is 11.2. The number of carbonyl (C=O) groups excluding carboxylic acids is 1. The minimum absolute atomic E-state index is 0.0380. The van der Waals surface area contributed by atoms with Crippen molar-refractivity contribution in [1.82, 2.24) is 4.31 Å². The Hall–Kier alpha value is -0.330. The highest BCUT2D eigenvalue weighted by atomic mass is 35.5. The normalized spacial score (nSPS) is 11.8. The highest BCUT2D eigenvalue weighted by Gasteiger charge is 2.22. The number of alkyl halides is 1. The molecule has 0 saturated carbocycles. The summed E-state index contributed by atoms with van der Waals surface area (Å²) in [4.78, 5) is 11.2. The lowest BCUT2D eigenvalue weighted by atomic mass is 10.6. The summed E-state index contributed by atoms with van der Waals surface area (Å²) in [7, 11) is -3.40. The Kier molecular flexibility index (Phi) is 7.70. The zero-order valence-electron chi connectivity index (χ0n) is 9.61. The highest BCUT2D eigenvalue weighted by Crippen LogP contribution is 2.04. The van der Waals surface area contributed by atoms with E-state index in [1.165, 1.54) is 0 Å². The van der Waals surface area contributed by atoms with E-state index in [4.69, 9.17) is 16.3 Å². The summed E-state index contributed by atoms with van der Waals surface area (Å²) in [6.07, 6.45) is 0.378. The molecule has 0 rings (SSSR count). The molecule has 96 valence electrons. The molecule has 0 atom stereocenters. The summed E-state index contributed by atoms with van der Waals surface area (Å²) in [6.45, 7) is 3.63. The number of carbonyl (C=O) groups is 1. The van der Waals surface area contributed by atoms with E-state index in [1.54, 1.807) is 13.8 Å². The Morgan fingerprint density at radius 1 is 1.38 bits per heavy atom. The van der Waals surface area contributed by atoms with Gasteiger partial charge in [0.25, 0.3) is 0 Å². The number of sulfonamides is 1. The molecule has 0 unspecified atom stereocenters. The van der Waals surface area contributed by atoms with Crippen LogP contribution < -0.4 is 0 Å². The van der Waals surface area contributed by atoms with E-state index in [-0.39, 0.29) is 31.3 Å². The van der Waals surface area contributed by atoms with Crippen molar-refractivity contribution in [3.63, 3.8) is 0 Å². The number of hydrogen-bond donors (Lipinski definition) is 0. The van der Waals surface area contributed by atoms with Gasteiger partial charge in [-0.25, -0.2) is 8.42 Å². The van der Waals surface area contributed by atoms with Gasteiger partial charge in [0, 0.05) is 12.4 Å². The second-order valence-electron chi connectivity index (χ2n) is 3.09. The molecule has 0 saturated heterocycles. The first kappa shape index (κ1) is 15.7. The molecule has 0 amide bonds. The third-order valence-electron chi connectivity index (χ3n) is 1.89. The summed E-state index contributed by atoms with van der Waals surface area (Å²) >= 11 is 5.44. The van der Waals surface area contributed by atoms with Crippen molar-refractivity contribution in [3.8, 4) is 0 Å². The minimum Gasteiger partial charge on any atom is -0.465 e. The molecule has 0 bridgehead atoms. The van der Waals surface area contributed by atoms with Crippen LogP contribution in [0.3, 0.4) is 0 Å². The molecule has 16 heavy (non-hydrogen) atoms. The summed E-state index contributed by atoms with van der Waals surface area (Å²) in [6, 6.07) is 0. The first-order chi connectivity index (χ1) is 7.47. The van der Waals surface area contributed by atoms with Gasteiger partial charge in [-0.1, -0.05) is 6.92 Å². The fraction of sp³-hybridized carbons (Fsp3) is 0.889. The Balaban J connectivity index is 4.41. The lowest BCUT2D eigenvalue weighted by molar-refractivity contribution is -0.143. The van der Waals surface area contributed by atoms with E-state index in [0.717, 1.165) is 4.31 Å². The van der Waals surface area contributed by atoms with Crippen molar-refractivity contribution in [1.29, 1.82) is 0 Å². The molecular weight excluding hydrogens is 254 g/mol. The zero-order chi connectivity index (χ0) is 12.6. The van der Waals surface area contributed by atoms with Crippen molar-refractivity contribution < 1.29 is 17.9 Å². The van der Waals surface area contributed by atoms with E-state index in [2.05, 4.69) is 0 Å². The molecule has 0 heterocycles. The number of nitrogens with zero attached hydrogens (tertiary/aromatic N) is 1. The number of halogens is 1. The van der Waals surface area contributed by atoms with Crippen LogP contribution >= 0.6 is 11.6 Å². The Labute approximate surface area is 102 Å². The third kappa shape index (κ3) is 5.67. The quantitative estimate of drug-likeness (QED) is 0.485. The summed E-state index contributed by atoms with van der Waals surface area (Å²) in [5.41, 5.74) is 0. The van der Waals surface area contributed by atoms with E-state index in [9.17, 15) is 13.2 Å². The SMILES string of the molecule is CCOC(=O)CN(CC)S(=O)(=O)CCCCl. The van der Waals surface area contributed by atoms with Crippen molar-refractivity contribution in [2.45, 2.75) is 20.3 Å². The van der Waals surface area contributed by atoms with Gasteiger partial charge in [-0.2, -0.15) is 4.31 Å². The van der Waals surface area contributed by atoms with Crippen LogP contribution in [-0.2, 0) is 19.6 Å². The lowest BCUT2D eigenvalue weighted by Crippen LogP contribution is -2.37. The van der Waals surface area contributed by atoms with Crippen LogP contribution in [0.15, 0.2) is 0 Å². The number of ether oxygens (including phenoxy) is 1. The molecule has 0 aliphatic rings. The Morgan fingerprint density at radius 2 is 2.00 bits per heavy atom. The molecule has 0 aromatic heterocycles. The second kappa shape index (κ2) is 7.86.